The third-order valence-corrected chi connectivity index (χ3v) is 5.68. The fourth-order valence-corrected chi connectivity index (χ4v) is 3.90. The smallest absolute Gasteiger partial charge is 0.391 e. The van der Waals surface area contributed by atoms with Crippen molar-refractivity contribution in [1.29, 1.82) is 0 Å². The van der Waals surface area contributed by atoms with Crippen LogP contribution in [0.5, 0.6) is 0 Å². The molecule has 0 saturated carbocycles. The van der Waals surface area contributed by atoms with Crippen LogP contribution >= 0.6 is 0 Å². The van der Waals surface area contributed by atoms with Gasteiger partial charge in [0.15, 0.2) is 5.65 Å². The van der Waals surface area contributed by atoms with Crippen molar-refractivity contribution in [1.82, 2.24) is 14.9 Å². The summed E-state index contributed by atoms with van der Waals surface area (Å²) in [5, 5.41) is 11.4. The van der Waals surface area contributed by atoms with E-state index in [1.807, 2.05) is 5.32 Å². The zero-order chi connectivity index (χ0) is 25.5. The Morgan fingerprint density at radius 3 is 2.54 bits per heavy atom. The number of aromatic nitrogens is 2. The molecule has 0 unspecified atom stereocenters. The number of aliphatic hydroxyl groups excluding tert-OH is 1. The number of β-amino-alcohol motifs (C(OH)–C–C–N with tert-alkyl or cyclic N) is 1. The Balaban J connectivity index is 1.91. The summed E-state index contributed by atoms with van der Waals surface area (Å²) in [4.78, 5) is 43.6. The van der Waals surface area contributed by atoms with E-state index in [1.54, 1.807) is 0 Å². The van der Waals surface area contributed by atoms with Crippen LogP contribution in [0.3, 0.4) is 0 Å². The molecular weight excluding hydrogens is 472 g/mol. The maximum absolute atomic E-state index is 14.7. The molecule has 3 aromatic rings. The molecule has 1 fully saturated rings. The number of nitrogens with one attached hydrogen (secondary N) is 1. The van der Waals surface area contributed by atoms with Gasteiger partial charge < -0.3 is 10.4 Å². The molecule has 1 aliphatic rings. The molecule has 0 bridgehead atoms. The average Bonchev–Trinajstić information content (AvgIpc) is 3.15. The van der Waals surface area contributed by atoms with Crippen molar-refractivity contribution in [3.05, 3.63) is 64.2 Å². The predicted molar refractivity (Wildman–Crippen MR) is 118 cm³/mol. The van der Waals surface area contributed by atoms with Crippen LogP contribution < -0.4 is 15.6 Å². The number of halogens is 4. The van der Waals surface area contributed by atoms with Crippen LogP contribution in [0.1, 0.15) is 30.1 Å². The Hall–Kier alpha value is -3.80. The minimum Gasteiger partial charge on any atom is -0.391 e. The summed E-state index contributed by atoms with van der Waals surface area (Å²) in [6.07, 6.45) is -5.27. The second-order valence-electron chi connectivity index (χ2n) is 8.07. The van der Waals surface area contributed by atoms with Crippen LogP contribution in [-0.2, 0) is 4.79 Å². The number of carbonyl (C=O) groups excluding carboxylic acids is 2. The number of hydrogen-bond donors (Lipinski definition) is 2. The lowest BCUT2D eigenvalue weighted by Gasteiger charge is -2.21. The van der Waals surface area contributed by atoms with Gasteiger partial charge in [0, 0.05) is 6.20 Å². The van der Waals surface area contributed by atoms with E-state index in [9.17, 15) is 37.1 Å². The number of carbonyl (C=O) groups is 2. The van der Waals surface area contributed by atoms with E-state index >= 15 is 0 Å². The van der Waals surface area contributed by atoms with Gasteiger partial charge in [-0.1, -0.05) is 19.1 Å². The van der Waals surface area contributed by atoms with Crippen LogP contribution in [0.15, 0.2) is 47.4 Å². The number of alkyl halides is 3. The molecule has 0 spiro atoms. The second-order valence-corrected chi connectivity index (χ2v) is 8.07. The third-order valence-electron chi connectivity index (χ3n) is 5.68. The molecule has 0 radical (unpaired) electrons. The van der Waals surface area contributed by atoms with Crippen LogP contribution in [0.25, 0.3) is 16.7 Å². The highest BCUT2D eigenvalue weighted by molar-refractivity contribution is 5.99. The quantitative estimate of drug-likeness (QED) is 0.533. The van der Waals surface area contributed by atoms with E-state index in [-0.39, 0.29) is 35.5 Å². The number of rotatable bonds is 5. The molecule has 0 aliphatic carbocycles. The molecule has 8 nitrogen and oxygen atoms in total. The van der Waals surface area contributed by atoms with E-state index in [1.165, 1.54) is 42.2 Å². The maximum Gasteiger partial charge on any atom is 0.408 e. The van der Waals surface area contributed by atoms with Crippen LogP contribution in [0.4, 0.5) is 23.4 Å². The standard InChI is InChI=1S/C23H20F4N4O4/c1-2-17(23(25,26)27)28-22(35)14-11-30(16-6-4-3-5-15(16)24)21-13(20(14)34)7-8-18(29-21)31-10-12(32)9-19(31)33/h3-8,11-12,17,32H,2,9-10H2,1H3,(H,28,35)/t12-,17+/m0/s1. The lowest BCUT2D eigenvalue weighted by Crippen LogP contribution is -2.46. The SMILES string of the molecule is CC[C@@H](NC(=O)c1cn(-c2ccccc2F)c2nc(N3C[C@@H](O)CC3=O)ccc2c1=O)C(F)(F)F. The van der Waals surface area contributed by atoms with Gasteiger partial charge in [-0.3, -0.25) is 23.9 Å². The lowest BCUT2D eigenvalue weighted by atomic mass is 10.1. The van der Waals surface area contributed by atoms with E-state index < -0.39 is 53.4 Å². The van der Waals surface area contributed by atoms with Gasteiger partial charge in [-0.25, -0.2) is 9.37 Å². The number of aliphatic hydroxyl groups is 1. The number of benzene rings is 1. The van der Waals surface area contributed by atoms with Gasteiger partial charge in [0.05, 0.1) is 30.1 Å². The van der Waals surface area contributed by atoms with Crippen molar-refractivity contribution in [3.63, 3.8) is 0 Å². The molecule has 2 atom stereocenters. The Morgan fingerprint density at radius 2 is 1.94 bits per heavy atom. The highest BCUT2D eigenvalue weighted by atomic mass is 19.4. The molecule has 35 heavy (non-hydrogen) atoms. The molecule has 1 aliphatic heterocycles. The summed E-state index contributed by atoms with van der Waals surface area (Å²) in [7, 11) is 0. The first-order valence-electron chi connectivity index (χ1n) is 10.7. The monoisotopic (exact) mass is 492 g/mol. The zero-order valence-electron chi connectivity index (χ0n) is 18.3. The van der Waals surface area contributed by atoms with Crippen molar-refractivity contribution in [3.8, 4) is 5.69 Å². The molecular formula is C23H20F4N4O4. The Kier molecular flexibility index (Phi) is 6.32. The number of para-hydroxylation sites is 1. The van der Waals surface area contributed by atoms with Gasteiger partial charge >= 0.3 is 6.18 Å². The average molecular weight is 492 g/mol. The van der Waals surface area contributed by atoms with Crippen molar-refractivity contribution < 1.29 is 32.3 Å². The second kappa shape index (κ2) is 9.10. The minimum atomic E-state index is -4.73. The molecule has 2 aromatic heterocycles. The van der Waals surface area contributed by atoms with Crippen LogP contribution in [0.2, 0.25) is 0 Å². The lowest BCUT2D eigenvalue weighted by molar-refractivity contribution is -0.153. The van der Waals surface area contributed by atoms with E-state index in [2.05, 4.69) is 4.98 Å². The number of nitrogens with zero attached hydrogens (tertiary/aromatic N) is 3. The molecule has 2 amide bonds. The fraction of sp³-hybridized carbons (Fsp3) is 0.304. The van der Waals surface area contributed by atoms with Crippen molar-refractivity contribution in [2.45, 2.75) is 38.1 Å². The van der Waals surface area contributed by atoms with E-state index in [4.69, 9.17) is 0 Å². The Labute approximate surface area is 195 Å². The molecule has 1 saturated heterocycles. The van der Waals surface area contributed by atoms with Crippen molar-refractivity contribution in [2.24, 2.45) is 0 Å². The van der Waals surface area contributed by atoms with E-state index in [0.717, 1.165) is 16.8 Å². The first kappa shape index (κ1) is 24.3. The first-order chi connectivity index (χ1) is 16.5. The number of pyridine rings is 2. The predicted octanol–water partition coefficient (Wildman–Crippen LogP) is 2.69. The molecule has 184 valence electrons. The summed E-state index contributed by atoms with van der Waals surface area (Å²) in [6, 6.07) is 5.76. The maximum atomic E-state index is 14.7. The van der Waals surface area contributed by atoms with Crippen LogP contribution in [0, 0.1) is 5.82 Å². The van der Waals surface area contributed by atoms with Gasteiger partial charge in [-0.05, 0) is 30.7 Å². The topological polar surface area (TPSA) is 105 Å². The van der Waals surface area contributed by atoms with Gasteiger partial charge in [-0.2, -0.15) is 13.2 Å². The zero-order valence-corrected chi connectivity index (χ0v) is 18.3. The number of amides is 2. The highest BCUT2D eigenvalue weighted by Gasteiger charge is 2.40. The van der Waals surface area contributed by atoms with Crippen LogP contribution in [-0.4, -0.2) is 51.3 Å². The molecule has 4 rings (SSSR count). The van der Waals surface area contributed by atoms with Crippen molar-refractivity contribution in [2.75, 3.05) is 11.4 Å². The normalized spacial score (nSPS) is 17.1. The number of hydrogen-bond acceptors (Lipinski definition) is 5. The molecule has 3 heterocycles. The van der Waals surface area contributed by atoms with Crippen molar-refractivity contribution >= 4 is 28.7 Å². The van der Waals surface area contributed by atoms with E-state index in [0.29, 0.717) is 0 Å². The van der Waals surface area contributed by atoms with Gasteiger partial charge in [0.1, 0.15) is 23.2 Å². The number of anilines is 1. The van der Waals surface area contributed by atoms with Gasteiger partial charge in [0.2, 0.25) is 11.3 Å². The summed E-state index contributed by atoms with van der Waals surface area (Å²) < 4.78 is 55.4. The largest absolute Gasteiger partial charge is 0.408 e. The van der Waals surface area contributed by atoms with Gasteiger partial charge in [-0.15, -0.1) is 0 Å². The Morgan fingerprint density at radius 1 is 1.23 bits per heavy atom. The third kappa shape index (κ3) is 4.61. The Bertz CT molecular complexity index is 1370. The molecule has 2 N–H and O–H groups in total. The molecule has 1 aromatic carbocycles. The van der Waals surface area contributed by atoms with Gasteiger partial charge in [0.25, 0.3) is 5.91 Å². The summed E-state index contributed by atoms with van der Waals surface area (Å²) >= 11 is 0. The number of fused-ring (bicyclic) bond motifs is 1. The molecule has 12 heteroatoms. The fourth-order valence-electron chi connectivity index (χ4n) is 3.90. The highest BCUT2D eigenvalue weighted by Crippen LogP contribution is 2.26. The summed E-state index contributed by atoms with van der Waals surface area (Å²) in [6.45, 7) is 1.20. The summed E-state index contributed by atoms with van der Waals surface area (Å²) in [5.74, 6) is -2.33. The first-order valence-corrected chi connectivity index (χ1v) is 10.7. The minimum absolute atomic E-state index is 0.0302. The summed E-state index contributed by atoms with van der Waals surface area (Å²) in [5.41, 5.74) is -1.78.